The molecule has 0 N–H and O–H groups in total. The maximum Gasteiger partial charge on any atom is 0.410 e. The Hall–Kier alpha value is -3.93. The first kappa shape index (κ1) is 25.2. The number of likely N-dealkylation sites (tertiary alicyclic amines) is 1. The highest BCUT2D eigenvalue weighted by Gasteiger charge is 2.29. The lowest BCUT2D eigenvalue weighted by atomic mass is 10.00. The number of nitrogens with zero attached hydrogens (tertiary/aromatic N) is 4. The van der Waals surface area contributed by atoms with Gasteiger partial charge in [0, 0.05) is 30.4 Å². The van der Waals surface area contributed by atoms with Crippen molar-refractivity contribution in [2.45, 2.75) is 45.3 Å². The van der Waals surface area contributed by atoms with E-state index in [9.17, 15) is 13.6 Å². The largest absolute Gasteiger partial charge is 0.494 e. The maximum atomic E-state index is 14.5. The van der Waals surface area contributed by atoms with Crippen molar-refractivity contribution in [3.8, 4) is 34.2 Å². The molecule has 2 aromatic carbocycles. The van der Waals surface area contributed by atoms with Crippen LogP contribution >= 0.6 is 0 Å². The molecule has 0 unspecified atom stereocenters. The zero-order valence-corrected chi connectivity index (χ0v) is 20.7. The molecule has 4 rings (SSSR count). The van der Waals surface area contributed by atoms with Gasteiger partial charge >= 0.3 is 6.09 Å². The van der Waals surface area contributed by atoms with Gasteiger partial charge in [-0.3, -0.25) is 4.68 Å². The minimum absolute atomic E-state index is 0.0116. The zero-order chi connectivity index (χ0) is 26.0. The number of amides is 1. The second kappa shape index (κ2) is 9.97. The van der Waals surface area contributed by atoms with Crippen LogP contribution in [0.25, 0.3) is 22.4 Å². The SMILES string of the molecule is COc1ccc(-c2nn(C3CCN(C(=O)OC(C)(C)C)CC3)cc2-c2ccc(C#N)c(F)c2)cc1F. The van der Waals surface area contributed by atoms with Gasteiger partial charge in [0.15, 0.2) is 11.6 Å². The highest BCUT2D eigenvalue weighted by atomic mass is 19.1. The van der Waals surface area contributed by atoms with E-state index in [1.54, 1.807) is 21.7 Å². The van der Waals surface area contributed by atoms with Crippen molar-refractivity contribution in [1.82, 2.24) is 14.7 Å². The van der Waals surface area contributed by atoms with Crippen LogP contribution < -0.4 is 4.74 Å². The number of rotatable bonds is 4. The number of halogens is 2. The minimum atomic E-state index is -0.639. The van der Waals surface area contributed by atoms with Gasteiger partial charge < -0.3 is 14.4 Å². The maximum absolute atomic E-state index is 14.5. The van der Waals surface area contributed by atoms with Crippen LogP contribution in [0.15, 0.2) is 42.6 Å². The van der Waals surface area contributed by atoms with Gasteiger partial charge in [-0.05, 0) is 69.5 Å². The molecule has 1 aromatic heterocycles. The summed E-state index contributed by atoms with van der Waals surface area (Å²) in [6.45, 7) is 6.51. The molecule has 0 saturated carbocycles. The van der Waals surface area contributed by atoms with Crippen LogP contribution in [0.3, 0.4) is 0 Å². The van der Waals surface area contributed by atoms with E-state index in [4.69, 9.17) is 19.8 Å². The van der Waals surface area contributed by atoms with Crippen molar-refractivity contribution in [3.63, 3.8) is 0 Å². The zero-order valence-electron chi connectivity index (χ0n) is 20.7. The molecule has 0 aliphatic carbocycles. The van der Waals surface area contributed by atoms with Crippen LogP contribution in [-0.4, -0.2) is 46.6 Å². The fraction of sp³-hybridized carbons (Fsp3) is 0.370. The minimum Gasteiger partial charge on any atom is -0.494 e. The van der Waals surface area contributed by atoms with E-state index in [-0.39, 0.29) is 23.4 Å². The van der Waals surface area contributed by atoms with Crippen LogP contribution in [0.4, 0.5) is 13.6 Å². The molecule has 2 heterocycles. The number of carbonyl (C=O) groups excluding carboxylic acids is 1. The summed E-state index contributed by atoms with van der Waals surface area (Å²) in [4.78, 5) is 14.1. The lowest BCUT2D eigenvalue weighted by Gasteiger charge is -2.33. The molecular formula is C27H28F2N4O3. The Bertz CT molecular complexity index is 1320. The van der Waals surface area contributed by atoms with Crippen molar-refractivity contribution in [3.05, 3.63) is 59.8 Å². The van der Waals surface area contributed by atoms with Gasteiger partial charge in [-0.25, -0.2) is 13.6 Å². The first-order valence-electron chi connectivity index (χ1n) is 11.7. The number of piperidine rings is 1. The number of nitriles is 1. The summed E-state index contributed by atoms with van der Waals surface area (Å²) < 4.78 is 41.3. The van der Waals surface area contributed by atoms with Crippen LogP contribution in [0, 0.1) is 23.0 Å². The fourth-order valence-electron chi connectivity index (χ4n) is 4.23. The molecule has 36 heavy (non-hydrogen) atoms. The average Bonchev–Trinajstić information content (AvgIpc) is 3.28. The Kier molecular flexibility index (Phi) is 6.97. The molecule has 0 bridgehead atoms. The Morgan fingerprint density at radius 3 is 2.33 bits per heavy atom. The van der Waals surface area contributed by atoms with Crippen LogP contribution in [0.5, 0.6) is 5.75 Å². The normalized spacial score (nSPS) is 14.4. The van der Waals surface area contributed by atoms with Gasteiger partial charge in [-0.2, -0.15) is 10.4 Å². The first-order chi connectivity index (χ1) is 17.1. The third-order valence-electron chi connectivity index (χ3n) is 6.05. The van der Waals surface area contributed by atoms with E-state index in [0.717, 1.165) is 0 Å². The second-order valence-electron chi connectivity index (χ2n) is 9.73. The summed E-state index contributed by atoms with van der Waals surface area (Å²) in [7, 11) is 1.39. The first-order valence-corrected chi connectivity index (χ1v) is 11.7. The van der Waals surface area contributed by atoms with E-state index in [1.807, 2.05) is 33.0 Å². The van der Waals surface area contributed by atoms with Gasteiger partial charge in [0.25, 0.3) is 0 Å². The quantitative estimate of drug-likeness (QED) is 0.448. The molecule has 7 nitrogen and oxygen atoms in total. The molecule has 1 aliphatic heterocycles. The standard InChI is InChI=1S/C27H28F2N4O3/c1-27(2,3)36-26(34)32-11-9-20(10-12-32)33-16-21(17-5-6-19(15-30)22(28)13-17)25(31-33)18-7-8-24(35-4)23(29)14-18/h5-8,13-14,16,20H,9-12H2,1-4H3. The molecule has 188 valence electrons. The highest BCUT2D eigenvalue weighted by Crippen LogP contribution is 2.36. The van der Waals surface area contributed by atoms with Crippen LogP contribution in [0.2, 0.25) is 0 Å². The molecular weight excluding hydrogens is 466 g/mol. The number of hydrogen-bond donors (Lipinski definition) is 0. The van der Waals surface area contributed by atoms with Crippen molar-refractivity contribution in [2.75, 3.05) is 20.2 Å². The van der Waals surface area contributed by atoms with Crippen LogP contribution in [0.1, 0.15) is 45.2 Å². The smallest absolute Gasteiger partial charge is 0.410 e. The van der Waals surface area contributed by atoms with Crippen molar-refractivity contribution >= 4 is 6.09 Å². The molecule has 1 saturated heterocycles. The summed E-state index contributed by atoms with van der Waals surface area (Å²) in [6.07, 6.45) is 2.77. The number of carbonyl (C=O) groups is 1. The Labute approximate surface area is 208 Å². The lowest BCUT2D eigenvalue weighted by molar-refractivity contribution is 0.0185. The van der Waals surface area contributed by atoms with Gasteiger partial charge in [0.2, 0.25) is 0 Å². The monoisotopic (exact) mass is 494 g/mol. The number of methoxy groups -OCH3 is 1. The van der Waals surface area contributed by atoms with E-state index < -0.39 is 17.2 Å². The van der Waals surface area contributed by atoms with E-state index >= 15 is 0 Å². The second-order valence-corrected chi connectivity index (χ2v) is 9.73. The third kappa shape index (κ3) is 5.33. The van der Waals surface area contributed by atoms with E-state index in [2.05, 4.69) is 0 Å². The van der Waals surface area contributed by atoms with Crippen molar-refractivity contribution in [2.24, 2.45) is 0 Å². The molecule has 1 fully saturated rings. The molecule has 0 radical (unpaired) electrons. The third-order valence-corrected chi connectivity index (χ3v) is 6.05. The summed E-state index contributed by atoms with van der Waals surface area (Å²) >= 11 is 0. The van der Waals surface area contributed by atoms with Crippen molar-refractivity contribution < 1.29 is 23.0 Å². The average molecular weight is 495 g/mol. The molecule has 0 atom stereocenters. The number of benzene rings is 2. The van der Waals surface area contributed by atoms with Crippen LogP contribution in [-0.2, 0) is 4.74 Å². The van der Waals surface area contributed by atoms with Gasteiger partial charge in [-0.15, -0.1) is 0 Å². The molecule has 1 amide bonds. The fourth-order valence-corrected chi connectivity index (χ4v) is 4.23. The van der Waals surface area contributed by atoms with E-state index in [1.165, 1.54) is 31.4 Å². The van der Waals surface area contributed by atoms with Gasteiger partial charge in [0.1, 0.15) is 23.2 Å². The highest BCUT2D eigenvalue weighted by molar-refractivity contribution is 5.81. The predicted octanol–water partition coefficient (Wildman–Crippen LogP) is 5.95. The van der Waals surface area contributed by atoms with Crippen molar-refractivity contribution in [1.29, 1.82) is 5.26 Å². The number of aromatic nitrogens is 2. The number of ether oxygens (including phenoxy) is 2. The summed E-state index contributed by atoms with van der Waals surface area (Å²) in [5, 5.41) is 13.9. The van der Waals surface area contributed by atoms with E-state index in [0.29, 0.717) is 48.3 Å². The summed E-state index contributed by atoms with van der Waals surface area (Å²) in [5.41, 5.74) is 1.50. The van der Waals surface area contributed by atoms with Gasteiger partial charge in [-0.1, -0.05) is 6.07 Å². The molecule has 1 aliphatic rings. The summed E-state index contributed by atoms with van der Waals surface area (Å²) in [6, 6.07) is 10.7. The molecule has 0 spiro atoms. The Morgan fingerprint density at radius 2 is 1.75 bits per heavy atom. The van der Waals surface area contributed by atoms with Gasteiger partial charge in [0.05, 0.1) is 18.7 Å². The summed E-state index contributed by atoms with van der Waals surface area (Å²) in [5.74, 6) is -1.06. The lowest BCUT2D eigenvalue weighted by Crippen LogP contribution is -2.42. The molecule has 3 aromatic rings. The Balaban J connectivity index is 1.66. The topological polar surface area (TPSA) is 80.4 Å². The molecule has 9 heteroatoms. The number of hydrogen-bond acceptors (Lipinski definition) is 5. The Morgan fingerprint density at radius 1 is 1.08 bits per heavy atom. The predicted molar refractivity (Wildman–Crippen MR) is 130 cm³/mol.